The van der Waals surface area contributed by atoms with E-state index in [1.165, 1.54) is 18.3 Å². The molecule has 13 heteroatoms. The molecule has 7 nitrogen and oxygen atoms in total. The Labute approximate surface area is 240 Å². The maximum Gasteiger partial charge on any atom is 0.282 e. The van der Waals surface area contributed by atoms with Crippen LogP contribution in [0.15, 0.2) is 60.3 Å². The zero-order valence-electron chi connectivity index (χ0n) is 22.1. The van der Waals surface area contributed by atoms with Gasteiger partial charge in [-0.05, 0) is 59.9 Å². The van der Waals surface area contributed by atoms with Crippen LogP contribution in [0, 0.1) is 17.5 Å². The number of allylic oxidation sites excluding steroid dienone is 1. The normalized spacial score (nSPS) is 15.8. The van der Waals surface area contributed by atoms with Crippen LogP contribution in [0.5, 0.6) is 0 Å². The fourth-order valence-corrected chi connectivity index (χ4v) is 5.55. The highest BCUT2D eigenvalue weighted by atomic mass is 19.3. The topological polar surface area (TPSA) is 103 Å². The average Bonchev–Trinajstić information content (AvgIpc) is 3.57. The highest BCUT2D eigenvalue weighted by Crippen LogP contribution is 2.60. The predicted molar refractivity (Wildman–Crippen MR) is 142 cm³/mol. The van der Waals surface area contributed by atoms with Gasteiger partial charge in [-0.2, -0.15) is 5.10 Å². The van der Waals surface area contributed by atoms with E-state index in [1.807, 2.05) is 0 Å². The molecule has 0 saturated heterocycles. The van der Waals surface area contributed by atoms with Gasteiger partial charge in [-0.15, -0.1) is 0 Å². The van der Waals surface area contributed by atoms with E-state index in [1.54, 1.807) is 12.1 Å². The fraction of sp³-hybridized carbons (Fsp3) is 0.200. The molecule has 0 aliphatic heterocycles. The van der Waals surface area contributed by atoms with Crippen molar-refractivity contribution in [1.82, 2.24) is 20.1 Å². The first-order valence-electron chi connectivity index (χ1n) is 13.1. The van der Waals surface area contributed by atoms with Crippen molar-refractivity contribution in [3.8, 4) is 11.1 Å². The summed E-state index contributed by atoms with van der Waals surface area (Å²) in [6.07, 6.45) is -1.44. The molecule has 1 saturated carbocycles. The second-order valence-electron chi connectivity index (χ2n) is 10.3. The minimum atomic E-state index is -2.97. The number of aromatic nitrogens is 3. The number of nitrogens with zero attached hydrogens (tertiary/aromatic N) is 3. The van der Waals surface area contributed by atoms with Gasteiger partial charge >= 0.3 is 0 Å². The summed E-state index contributed by atoms with van der Waals surface area (Å²) in [6, 6.07) is 8.47. The smallest absolute Gasteiger partial charge is 0.282 e. The molecular weight excluding hydrogens is 576 g/mol. The molecule has 6 rings (SSSR count). The third kappa shape index (κ3) is 5.26. The summed E-state index contributed by atoms with van der Waals surface area (Å²) in [5.74, 6) is -5.51. The van der Waals surface area contributed by atoms with Gasteiger partial charge in [-0.3, -0.25) is 19.3 Å². The summed E-state index contributed by atoms with van der Waals surface area (Å²) in [4.78, 5) is 29.5. The van der Waals surface area contributed by atoms with E-state index in [4.69, 9.17) is 5.73 Å². The van der Waals surface area contributed by atoms with E-state index in [-0.39, 0.29) is 28.9 Å². The van der Waals surface area contributed by atoms with Crippen LogP contribution in [0.25, 0.3) is 17.0 Å². The van der Waals surface area contributed by atoms with Crippen LogP contribution in [0.1, 0.15) is 63.4 Å². The van der Waals surface area contributed by atoms with Crippen LogP contribution in [0.2, 0.25) is 0 Å². The maximum atomic E-state index is 14.9. The molecule has 2 heterocycles. The van der Waals surface area contributed by atoms with Crippen LogP contribution in [0.3, 0.4) is 0 Å². The van der Waals surface area contributed by atoms with Crippen molar-refractivity contribution in [3.63, 3.8) is 0 Å². The third-order valence-electron chi connectivity index (χ3n) is 7.45. The minimum Gasteiger partial charge on any atom is -0.366 e. The average molecular weight is 598 g/mol. The quantitative estimate of drug-likeness (QED) is 0.243. The Balaban J connectivity index is 1.37. The number of hydrogen-bond acceptors (Lipinski definition) is 4. The van der Waals surface area contributed by atoms with Gasteiger partial charge in [-0.25, -0.2) is 26.3 Å². The van der Waals surface area contributed by atoms with E-state index >= 15 is 0 Å². The van der Waals surface area contributed by atoms with Gasteiger partial charge in [0.1, 0.15) is 41.2 Å². The van der Waals surface area contributed by atoms with Crippen molar-refractivity contribution in [2.45, 2.75) is 37.8 Å². The second-order valence-corrected chi connectivity index (χ2v) is 10.3. The Hall–Kier alpha value is -4.94. The van der Waals surface area contributed by atoms with Crippen molar-refractivity contribution in [1.29, 1.82) is 0 Å². The molecule has 2 aliphatic carbocycles. The molecule has 0 bridgehead atoms. The molecule has 2 amide bonds. The molecule has 2 aromatic heterocycles. The molecule has 0 radical (unpaired) electrons. The monoisotopic (exact) mass is 597 g/mol. The number of carbonyl (C=O) groups is 2. The molecule has 3 N–H and O–H groups in total. The molecular formula is C30H21F6N5O2. The summed E-state index contributed by atoms with van der Waals surface area (Å²) in [5, 5.41) is 6.52. The first-order valence-corrected chi connectivity index (χ1v) is 13.1. The lowest BCUT2D eigenvalue weighted by atomic mass is 9.94. The predicted octanol–water partition coefficient (Wildman–Crippen LogP) is 5.68. The number of fused-ring (bicyclic) bond motifs is 3. The van der Waals surface area contributed by atoms with Gasteiger partial charge < -0.3 is 11.1 Å². The number of nitrogens with two attached hydrogens (primary N) is 1. The largest absolute Gasteiger partial charge is 0.366 e. The Kier molecular flexibility index (Phi) is 7.03. The molecule has 2 aromatic carbocycles. The summed E-state index contributed by atoms with van der Waals surface area (Å²) >= 11 is 0. The molecule has 4 aromatic rings. The fourth-order valence-electron chi connectivity index (χ4n) is 5.55. The molecule has 2 atom stereocenters. The summed E-state index contributed by atoms with van der Waals surface area (Å²) in [7, 11) is 0. The van der Waals surface area contributed by atoms with Crippen molar-refractivity contribution in [2.75, 3.05) is 0 Å². The van der Waals surface area contributed by atoms with Gasteiger partial charge in [0.2, 0.25) is 5.91 Å². The van der Waals surface area contributed by atoms with Gasteiger partial charge in [-0.1, -0.05) is 12.1 Å². The van der Waals surface area contributed by atoms with E-state index in [0.29, 0.717) is 29.2 Å². The number of carbonyl (C=O) groups excluding carboxylic acids is 2. The maximum absolute atomic E-state index is 14.9. The standard InChI is InChI=1S/C30H21F6N5O2/c31-15-6-13(7-16(32)10-15)8-22(26-17(2-1-5-38-26)14-3-4-21(33)20(9-14)30(37)43)39-23(42)12-41-28-24(27(40-41)29(35)36)18-11-19(18)25(28)34/h1-7,9-10,18,22,29H,8,11-12H2,(H2,37,43)(H,39,42)/t18?,22-/m0/s1. The van der Waals surface area contributed by atoms with Gasteiger partial charge in [0.25, 0.3) is 12.3 Å². The van der Waals surface area contributed by atoms with E-state index in [0.717, 1.165) is 22.9 Å². The van der Waals surface area contributed by atoms with Crippen LogP contribution in [0.4, 0.5) is 26.3 Å². The SMILES string of the molecule is NC(=O)c1cc(-c2cccnc2[C@H](Cc2cc(F)cc(F)c2)NC(=O)Cn2nc(C(F)F)c3c2C(F)=C2CC23)ccc1F. The highest BCUT2D eigenvalue weighted by Gasteiger charge is 2.49. The number of hydrogen-bond donors (Lipinski definition) is 2. The van der Waals surface area contributed by atoms with Crippen LogP contribution in [-0.4, -0.2) is 26.6 Å². The Morgan fingerprint density at radius 1 is 1.02 bits per heavy atom. The number of halogens is 6. The molecule has 43 heavy (non-hydrogen) atoms. The number of primary amides is 1. The first kappa shape index (κ1) is 28.2. The molecule has 2 aliphatic rings. The Morgan fingerprint density at radius 2 is 1.77 bits per heavy atom. The number of pyridine rings is 1. The van der Waals surface area contributed by atoms with Crippen molar-refractivity contribution in [2.24, 2.45) is 5.73 Å². The van der Waals surface area contributed by atoms with E-state index < -0.39 is 71.3 Å². The first-order chi connectivity index (χ1) is 20.5. The number of benzene rings is 2. The lowest BCUT2D eigenvalue weighted by Crippen LogP contribution is -2.34. The summed E-state index contributed by atoms with van der Waals surface area (Å²) in [6.45, 7) is -0.638. The van der Waals surface area contributed by atoms with Crippen molar-refractivity contribution < 1.29 is 35.9 Å². The second kappa shape index (κ2) is 10.7. The zero-order chi connectivity index (χ0) is 30.6. The number of rotatable bonds is 9. The zero-order valence-corrected chi connectivity index (χ0v) is 22.1. The highest BCUT2D eigenvalue weighted by molar-refractivity contribution is 5.94. The lowest BCUT2D eigenvalue weighted by molar-refractivity contribution is -0.122. The van der Waals surface area contributed by atoms with E-state index in [2.05, 4.69) is 15.4 Å². The molecule has 220 valence electrons. The number of alkyl halides is 2. The molecule has 1 fully saturated rings. The summed E-state index contributed by atoms with van der Waals surface area (Å²) in [5.41, 5.74) is 5.60. The van der Waals surface area contributed by atoms with Gasteiger partial charge in [0.15, 0.2) is 0 Å². The Bertz CT molecular complexity index is 1820. The number of amides is 2. The van der Waals surface area contributed by atoms with Crippen LogP contribution < -0.4 is 11.1 Å². The molecule has 0 spiro atoms. The number of nitrogens with one attached hydrogen (secondary N) is 1. The molecule has 1 unspecified atom stereocenters. The van der Waals surface area contributed by atoms with E-state index in [9.17, 15) is 35.9 Å². The van der Waals surface area contributed by atoms with Crippen LogP contribution >= 0.6 is 0 Å². The van der Waals surface area contributed by atoms with Gasteiger partial charge in [0, 0.05) is 29.3 Å². The van der Waals surface area contributed by atoms with Crippen molar-refractivity contribution in [3.05, 3.63) is 112 Å². The van der Waals surface area contributed by atoms with Gasteiger partial charge in [0.05, 0.1) is 17.3 Å². The van der Waals surface area contributed by atoms with Crippen LogP contribution in [-0.2, 0) is 17.8 Å². The summed E-state index contributed by atoms with van der Waals surface area (Å²) < 4.78 is 85.5. The van der Waals surface area contributed by atoms with Crippen molar-refractivity contribution >= 4 is 17.6 Å². The minimum absolute atomic E-state index is 0.0793. The third-order valence-corrected chi connectivity index (χ3v) is 7.45. The Morgan fingerprint density at radius 3 is 2.47 bits per heavy atom. The lowest BCUT2D eigenvalue weighted by Gasteiger charge is -2.22.